The van der Waals surface area contributed by atoms with Crippen molar-refractivity contribution in [1.29, 1.82) is 0 Å². The molecule has 1 aromatic heterocycles. The third-order valence-corrected chi connectivity index (χ3v) is 3.38. The molecule has 7 heteroatoms. The van der Waals surface area contributed by atoms with E-state index in [1.807, 2.05) is 0 Å². The number of nitrogens with zero attached hydrogens (tertiary/aromatic N) is 2. The van der Waals surface area contributed by atoms with Gasteiger partial charge in [-0.15, -0.1) is 0 Å². The van der Waals surface area contributed by atoms with Gasteiger partial charge in [-0.25, -0.2) is 0 Å². The van der Waals surface area contributed by atoms with Crippen LogP contribution in [0, 0.1) is 13.7 Å². The third-order valence-electron chi connectivity index (χ3n) is 2.66. The number of ketones is 1. The number of Topliss-reactive ketones (excluding diaryl/α,β-unsaturated/α-hetero) is 1. The highest BCUT2D eigenvalue weighted by atomic mass is 127. The number of hydrogen-bond donors (Lipinski definition) is 0. The molecule has 0 saturated heterocycles. The number of benzene rings is 1. The van der Waals surface area contributed by atoms with Crippen molar-refractivity contribution in [1.82, 2.24) is 4.57 Å². The highest BCUT2D eigenvalue weighted by Gasteiger charge is 2.11. The minimum Gasteiger partial charge on any atom is -0.301 e. The lowest BCUT2D eigenvalue weighted by molar-refractivity contribution is -0.385. The molecular weight excluding hydrogens is 375 g/mol. The van der Waals surface area contributed by atoms with Gasteiger partial charge in [0.25, 0.3) is 11.2 Å². The van der Waals surface area contributed by atoms with Gasteiger partial charge in [0.15, 0.2) is 5.78 Å². The van der Waals surface area contributed by atoms with Crippen molar-refractivity contribution >= 4 is 34.1 Å². The molecule has 0 fully saturated rings. The van der Waals surface area contributed by atoms with Gasteiger partial charge >= 0.3 is 0 Å². The monoisotopic (exact) mass is 384 g/mol. The number of hydrogen-bond acceptors (Lipinski definition) is 4. The Kier molecular flexibility index (Phi) is 4.28. The van der Waals surface area contributed by atoms with Gasteiger partial charge in [0, 0.05) is 21.3 Å². The Morgan fingerprint density at radius 1 is 1.20 bits per heavy atom. The zero-order chi connectivity index (χ0) is 14.7. The smallest absolute Gasteiger partial charge is 0.285 e. The fourth-order valence-corrected chi connectivity index (χ4v) is 1.99. The normalized spacial score (nSPS) is 10.2. The zero-order valence-electron chi connectivity index (χ0n) is 10.2. The molecule has 1 heterocycles. The average molecular weight is 384 g/mol. The number of aromatic nitrogens is 1. The first kappa shape index (κ1) is 14.4. The summed E-state index contributed by atoms with van der Waals surface area (Å²) in [6.45, 7) is -0.221. The van der Waals surface area contributed by atoms with Crippen LogP contribution in [-0.2, 0) is 6.54 Å². The van der Waals surface area contributed by atoms with E-state index in [4.69, 9.17) is 0 Å². The quantitative estimate of drug-likeness (QED) is 0.351. The molecule has 0 N–H and O–H groups in total. The predicted molar refractivity (Wildman–Crippen MR) is 80.8 cm³/mol. The summed E-state index contributed by atoms with van der Waals surface area (Å²) in [4.78, 5) is 33.7. The van der Waals surface area contributed by atoms with Crippen molar-refractivity contribution in [3.8, 4) is 0 Å². The predicted octanol–water partition coefficient (Wildman–Crippen LogP) is 2.24. The van der Waals surface area contributed by atoms with E-state index in [-0.39, 0.29) is 18.0 Å². The Morgan fingerprint density at radius 2 is 1.85 bits per heavy atom. The van der Waals surface area contributed by atoms with Gasteiger partial charge in [-0.05, 0) is 34.7 Å². The first-order valence-electron chi connectivity index (χ1n) is 5.61. The first-order chi connectivity index (χ1) is 9.47. The van der Waals surface area contributed by atoms with Gasteiger partial charge in [-0.2, -0.15) is 0 Å². The summed E-state index contributed by atoms with van der Waals surface area (Å²) in [7, 11) is 0. The lowest BCUT2D eigenvalue weighted by atomic mass is 10.1. The van der Waals surface area contributed by atoms with Crippen LogP contribution in [0.15, 0.2) is 47.4 Å². The van der Waals surface area contributed by atoms with Crippen molar-refractivity contribution in [3.63, 3.8) is 0 Å². The van der Waals surface area contributed by atoms with E-state index in [1.54, 1.807) is 24.3 Å². The topological polar surface area (TPSA) is 82.2 Å². The average Bonchev–Trinajstić information content (AvgIpc) is 2.41. The maximum atomic E-state index is 12.0. The van der Waals surface area contributed by atoms with Crippen molar-refractivity contribution in [2.45, 2.75) is 6.54 Å². The van der Waals surface area contributed by atoms with Crippen LogP contribution in [0.25, 0.3) is 0 Å². The molecule has 2 rings (SSSR count). The Labute approximate surface area is 127 Å². The summed E-state index contributed by atoms with van der Waals surface area (Å²) in [5.41, 5.74) is -0.210. The number of nitro groups is 1. The standard InChI is InChI=1S/C13H9IN2O4/c14-10-3-1-9(2-4-10)12(17)8-15-7-11(16(19)20)5-6-13(15)18/h1-7H,8H2. The molecule has 0 bridgehead atoms. The molecule has 0 unspecified atom stereocenters. The fourth-order valence-electron chi connectivity index (χ4n) is 1.63. The second-order valence-electron chi connectivity index (χ2n) is 4.04. The van der Waals surface area contributed by atoms with E-state index in [1.165, 1.54) is 0 Å². The molecule has 0 aliphatic rings. The van der Waals surface area contributed by atoms with Crippen LogP contribution >= 0.6 is 22.6 Å². The number of carbonyl (C=O) groups excluding carboxylic acids is 1. The third kappa shape index (κ3) is 3.29. The van der Waals surface area contributed by atoms with E-state index in [2.05, 4.69) is 22.6 Å². The van der Waals surface area contributed by atoms with E-state index in [0.717, 1.165) is 26.5 Å². The van der Waals surface area contributed by atoms with Crippen LogP contribution in [0.2, 0.25) is 0 Å². The number of carbonyl (C=O) groups is 1. The van der Waals surface area contributed by atoms with Gasteiger partial charge in [0.1, 0.15) is 0 Å². The number of halogens is 1. The summed E-state index contributed by atoms with van der Waals surface area (Å²) in [6, 6.07) is 9.08. The molecule has 0 atom stereocenters. The van der Waals surface area contributed by atoms with Crippen LogP contribution in [0.5, 0.6) is 0 Å². The minimum atomic E-state index is -0.606. The van der Waals surface area contributed by atoms with Crippen LogP contribution in [0.1, 0.15) is 10.4 Å². The molecule has 0 spiro atoms. The van der Waals surface area contributed by atoms with Gasteiger partial charge in [0.2, 0.25) is 0 Å². The molecular formula is C13H9IN2O4. The van der Waals surface area contributed by atoms with Crippen molar-refractivity contribution in [2.24, 2.45) is 0 Å². The lowest BCUT2D eigenvalue weighted by Gasteiger charge is -2.05. The Hall–Kier alpha value is -2.03. The van der Waals surface area contributed by atoms with Gasteiger partial charge in [-0.1, -0.05) is 12.1 Å². The van der Waals surface area contributed by atoms with E-state index in [0.29, 0.717) is 5.56 Å². The number of rotatable bonds is 4. The summed E-state index contributed by atoms with van der Waals surface area (Å²) in [5, 5.41) is 10.7. The molecule has 20 heavy (non-hydrogen) atoms. The summed E-state index contributed by atoms with van der Waals surface area (Å²) < 4.78 is 2.03. The minimum absolute atomic E-state index is 0.221. The molecule has 6 nitrogen and oxygen atoms in total. The Balaban J connectivity index is 2.27. The van der Waals surface area contributed by atoms with Crippen LogP contribution in [0.3, 0.4) is 0 Å². The van der Waals surface area contributed by atoms with Gasteiger partial charge in [0.05, 0.1) is 17.7 Å². The molecule has 0 aliphatic heterocycles. The summed E-state index contributed by atoms with van der Waals surface area (Å²) >= 11 is 2.12. The molecule has 2 aromatic rings. The van der Waals surface area contributed by atoms with Crippen LogP contribution in [-0.4, -0.2) is 15.3 Å². The molecule has 102 valence electrons. The highest BCUT2D eigenvalue weighted by molar-refractivity contribution is 14.1. The molecule has 0 saturated carbocycles. The maximum Gasteiger partial charge on any atom is 0.285 e. The van der Waals surface area contributed by atoms with Crippen molar-refractivity contribution in [3.05, 3.63) is 72.2 Å². The van der Waals surface area contributed by atoms with E-state index in [9.17, 15) is 19.7 Å². The van der Waals surface area contributed by atoms with E-state index >= 15 is 0 Å². The molecule has 1 aromatic carbocycles. The molecule has 0 radical (unpaired) electrons. The first-order valence-corrected chi connectivity index (χ1v) is 6.69. The zero-order valence-corrected chi connectivity index (χ0v) is 12.3. The maximum absolute atomic E-state index is 12.0. The second-order valence-corrected chi connectivity index (χ2v) is 5.29. The molecule has 0 amide bonds. The fraction of sp³-hybridized carbons (Fsp3) is 0.0769. The number of pyridine rings is 1. The van der Waals surface area contributed by atoms with Crippen molar-refractivity contribution < 1.29 is 9.72 Å². The molecule has 0 aliphatic carbocycles. The lowest BCUT2D eigenvalue weighted by Crippen LogP contribution is -2.23. The van der Waals surface area contributed by atoms with Gasteiger partial charge < -0.3 is 4.57 Å². The van der Waals surface area contributed by atoms with E-state index < -0.39 is 10.5 Å². The van der Waals surface area contributed by atoms with Crippen molar-refractivity contribution in [2.75, 3.05) is 0 Å². The summed E-state index contributed by atoms with van der Waals surface area (Å²) in [6.07, 6.45) is 1.08. The Bertz CT molecular complexity index is 722. The second kappa shape index (κ2) is 5.95. The summed E-state index contributed by atoms with van der Waals surface area (Å²) in [5.74, 6) is -0.274. The SMILES string of the molecule is O=C(Cn1cc([N+](=O)[O-])ccc1=O)c1ccc(I)cc1. The van der Waals surface area contributed by atoms with Gasteiger partial charge in [-0.3, -0.25) is 19.7 Å². The highest BCUT2D eigenvalue weighted by Crippen LogP contribution is 2.10. The Morgan fingerprint density at radius 3 is 2.45 bits per heavy atom. The van der Waals surface area contributed by atoms with Crippen LogP contribution in [0.4, 0.5) is 5.69 Å². The van der Waals surface area contributed by atoms with Crippen LogP contribution < -0.4 is 5.56 Å². The largest absolute Gasteiger partial charge is 0.301 e.